The number of nitrogens with two attached hydrogens (primary N) is 1. The molecule has 0 aromatic carbocycles. The van der Waals surface area contributed by atoms with Crippen LogP contribution in [0.3, 0.4) is 0 Å². The highest BCUT2D eigenvalue weighted by Crippen LogP contribution is 2.23. The van der Waals surface area contributed by atoms with Crippen molar-refractivity contribution in [1.82, 2.24) is 4.98 Å². The molecule has 88 valence electrons. The quantitative estimate of drug-likeness (QED) is 0.835. The number of rotatable bonds is 3. The van der Waals surface area contributed by atoms with Crippen LogP contribution in [0.25, 0.3) is 0 Å². The highest BCUT2D eigenvalue weighted by Gasteiger charge is 2.32. The van der Waals surface area contributed by atoms with Crippen LogP contribution in [0.15, 0.2) is 18.5 Å². The normalized spacial score (nSPS) is 23.2. The van der Waals surface area contributed by atoms with Crippen LogP contribution in [0.4, 0.5) is 5.69 Å². The molecule has 5 heteroatoms. The third kappa shape index (κ3) is 2.84. The molecule has 5 nitrogen and oxygen atoms in total. The lowest BCUT2D eigenvalue weighted by atomic mass is 10.4. The number of anilines is 1. The van der Waals surface area contributed by atoms with Gasteiger partial charge in [0, 0.05) is 6.07 Å². The highest BCUT2D eigenvalue weighted by atomic mass is 16.7. The first-order valence-electron chi connectivity index (χ1n) is 5.20. The zero-order valence-corrected chi connectivity index (χ0v) is 9.47. The summed E-state index contributed by atoms with van der Waals surface area (Å²) in [6.45, 7) is 4.75. The molecule has 0 bridgehead atoms. The molecule has 1 aromatic heterocycles. The van der Waals surface area contributed by atoms with Gasteiger partial charge in [-0.3, -0.25) is 4.98 Å². The Hall–Kier alpha value is -1.33. The summed E-state index contributed by atoms with van der Waals surface area (Å²) >= 11 is 0. The van der Waals surface area contributed by atoms with E-state index in [-0.39, 0.29) is 6.10 Å². The monoisotopic (exact) mass is 224 g/mol. The van der Waals surface area contributed by atoms with E-state index in [0.717, 1.165) is 0 Å². The van der Waals surface area contributed by atoms with Crippen molar-refractivity contribution >= 4 is 5.69 Å². The van der Waals surface area contributed by atoms with Gasteiger partial charge in [0.15, 0.2) is 5.79 Å². The molecule has 1 saturated heterocycles. The van der Waals surface area contributed by atoms with Gasteiger partial charge in [-0.15, -0.1) is 0 Å². The maximum atomic E-state index is 5.60. The molecule has 1 atom stereocenters. The van der Waals surface area contributed by atoms with Crippen molar-refractivity contribution in [2.24, 2.45) is 0 Å². The molecule has 0 spiro atoms. The van der Waals surface area contributed by atoms with Crippen molar-refractivity contribution in [2.45, 2.75) is 25.7 Å². The van der Waals surface area contributed by atoms with E-state index in [1.807, 2.05) is 13.8 Å². The van der Waals surface area contributed by atoms with E-state index < -0.39 is 5.79 Å². The Morgan fingerprint density at radius 3 is 3.00 bits per heavy atom. The van der Waals surface area contributed by atoms with Crippen LogP contribution in [0, 0.1) is 0 Å². The van der Waals surface area contributed by atoms with E-state index in [4.69, 9.17) is 19.9 Å². The molecule has 1 aromatic rings. The smallest absolute Gasteiger partial charge is 0.163 e. The van der Waals surface area contributed by atoms with E-state index >= 15 is 0 Å². The molecule has 2 heterocycles. The van der Waals surface area contributed by atoms with Gasteiger partial charge in [0.1, 0.15) is 18.5 Å². The molecule has 0 radical (unpaired) electrons. The molecule has 0 aliphatic carbocycles. The molecule has 2 N–H and O–H groups in total. The van der Waals surface area contributed by atoms with Crippen LogP contribution >= 0.6 is 0 Å². The van der Waals surface area contributed by atoms with Gasteiger partial charge in [0.05, 0.1) is 24.7 Å². The first kappa shape index (κ1) is 11.2. The fraction of sp³-hybridized carbons (Fsp3) is 0.545. The number of hydrogen-bond donors (Lipinski definition) is 1. The van der Waals surface area contributed by atoms with Gasteiger partial charge in [-0.05, 0) is 13.8 Å². The molecule has 0 amide bonds. The van der Waals surface area contributed by atoms with Crippen LogP contribution in [-0.4, -0.2) is 30.1 Å². The summed E-state index contributed by atoms with van der Waals surface area (Å²) < 4.78 is 16.5. The highest BCUT2D eigenvalue weighted by molar-refractivity contribution is 5.39. The van der Waals surface area contributed by atoms with Crippen LogP contribution in [0.5, 0.6) is 5.75 Å². The number of nitrogens with zero attached hydrogens (tertiary/aromatic N) is 1. The summed E-state index contributed by atoms with van der Waals surface area (Å²) in [5, 5.41) is 0. The summed E-state index contributed by atoms with van der Waals surface area (Å²) in [4.78, 5) is 3.94. The Balaban J connectivity index is 1.84. The van der Waals surface area contributed by atoms with Crippen molar-refractivity contribution in [3.05, 3.63) is 18.5 Å². The van der Waals surface area contributed by atoms with Crippen molar-refractivity contribution in [3.63, 3.8) is 0 Å². The van der Waals surface area contributed by atoms with Crippen molar-refractivity contribution in [2.75, 3.05) is 18.9 Å². The Labute approximate surface area is 94.5 Å². The average Bonchev–Trinajstić information content (AvgIpc) is 2.56. The van der Waals surface area contributed by atoms with Gasteiger partial charge in [-0.25, -0.2) is 0 Å². The number of hydrogen-bond acceptors (Lipinski definition) is 5. The summed E-state index contributed by atoms with van der Waals surface area (Å²) in [6.07, 6.45) is 3.15. The van der Waals surface area contributed by atoms with Gasteiger partial charge >= 0.3 is 0 Å². The van der Waals surface area contributed by atoms with E-state index in [1.165, 1.54) is 0 Å². The molecular formula is C11H16N2O3. The van der Waals surface area contributed by atoms with Crippen LogP contribution in [0.1, 0.15) is 13.8 Å². The Morgan fingerprint density at radius 2 is 2.38 bits per heavy atom. The second-order valence-corrected chi connectivity index (χ2v) is 4.22. The van der Waals surface area contributed by atoms with E-state index in [9.17, 15) is 0 Å². The lowest BCUT2D eigenvalue weighted by molar-refractivity contribution is -0.141. The van der Waals surface area contributed by atoms with E-state index in [1.54, 1.807) is 18.5 Å². The van der Waals surface area contributed by atoms with Gasteiger partial charge in [0.2, 0.25) is 0 Å². The Bertz CT molecular complexity index is 368. The number of nitrogen functional groups attached to an aromatic ring is 1. The molecule has 16 heavy (non-hydrogen) atoms. The Morgan fingerprint density at radius 1 is 1.56 bits per heavy atom. The maximum absolute atomic E-state index is 5.60. The second-order valence-electron chi connectivity index (χ2n) is 4.22. The maximum Gasteiger partial charge on any atom is 0.163 e. The minimum Gasteiger partial charge on any atom is -0.489 e. The summed E-state index contributed by atoms with van der Waals surface area (Å²) in [5.41, 5.74) is 6.17. The van der Waals surface area contributed by atoms with E-state index in [2.05, 4.69) is 4.98 Å². The summed E-state index contributed by atoms with van der Waals surface area (Å²) in [5.74, 6) is 0.135. The third-order valence-corrected chi connectivity index (χ3v) is 2.24. The topological polar surface area (TPSA) is 66.6 Å². The molecule has 1 aliphatic heterocycles. The van der Waals surface area contributed by atoms with Crippen molar-refractivity contribution < 1.29 is 14.2 Å². The standard InChI is InChI=1S/C11H16N2O3/c1-11(2)15-7-10(16-11)6-14-9-3-8(12)4-13-5-9/h3-5,10H,6-7,12H2,1-2H3. The predicted molar refractivity (Wildman–Crippen MR) is 59.0 cm³/mol. The van der Waals surface area contributed by atoms with Gasteiger partial charge in [0.25, 0.3) is 0 Å². The lowest BCUT2D eigenvalue weighted by Gasteiger charge is -2.17. The zero-order chi connectivity index (χ0) is 11.6. The first-order chi connectivity index (χ1) is 7.55. The average molecular weight is 224 g/mol. The van der Waals surface area contributed by atoms with Crippen molar-refractivity contribution in [3.8, 4) is 5.75 Å². The molecule has 2 rings (SSSR count). The Kier molecular flexibility index (Phi) is 2.98. The summed E-state index contributed by atoms with van der Waals surface area (Å²) in [7, 11) is 0. The van der Waals surface area contributed by atoms with Crippen molar-refractivity contribution in [1.29, 1.82) is 0 Å². The fourth-order valence-corrected chi connectivity index (χ4v) is 1.55. The molecule has 1 unspecified atom stereocenters. The zero-order valence-electron chi connectivity index (χ0n) is 9.47. The fourth-order valence-electron chi connectivity index (χ4n) is 1.55. The minimum atomic E-state index is -0.512. The number of pyridine rings is 1. The molecule has 1 fully saturated rings. The second kappa shape index (κ2) is 4.27. The largest absolute Gasteiger partial charge is 0.489 e. The van der Waals surface area contributed by atoms with Crippen LogP contribution in [-0.2, 0) is 9.47 Å². The van der Waals surface area contributed by atoms with Gasteiger partial charge < -0.3 is 19.9 Å². The molecule has 0 saturated carbocycles. The molecule has 1 aliphatic rings. The van der Waals surface area contributed by atoms with Crippen LogP contribution < -0.4 is 10.5 Å². The lowest BCUT2D eigenvalue weighted by Crippen LogP contribution is -2.25. The van der Waals surface area contributed by atoms with E-state index in [0.29, 0.717) is 24.7 Å². The van der Waals surface area contributed by atoms with Gasteiger partial charge in [-0.1, -0.05) is 0 Å². The molecular weight excluding hydrogens is 208 g/mol. The SMILES string of the molecule is CC1(C)OCC(COc2cncc(N)c2)O1. The first-order valence-corrected chi connectivity index (χ1v) is 5.20. The summed E-state index contributed by atoms with van der Waals surface area (Å²) in [6, 6.07) is 1.73. The number of ether oxygens (including phenoxy) is 3. The number of aromatic nitrogens is 1. The minimum absolute atomic E-state index is 0.0450. The van der Waals surface area contributed by atoms with Gasteiger partial charge in [-0.2, -0.15) is 0 Å². The van der Waals surface area contributed by atoms with Crippen LogP contribution in [0.2, 0.25) is 0 Å². The third-order valence-electron chi connectivity index (χ3n) is 2.24. The predicted octanol–water partition coefficient (Wildman–Crippen LogP) is 1.19.